The summed E-state index contributed by atoms with van der Waals surface area (Å²) >= 11 is 0. The lowest BCUT2D eigenvalue weighted by molar-refractivity contribution is 0.475. The summed E-state index contributed by atoms with van der Waals surface area (Å²) < 4.78 is 14.3. The van der Waals surface area contributed by atoms with Crippen molar-refractivity contribution < 1.29 is 4.39 Å². The molecule has 1 aromatic rings. The molecule has 0 amide bonds. The maximum atomic E-state index is 14.3. The first-order chi connectivity index (χ1) is 9.11. The summed E-state index contributed by atoms with van der Waals surface area (Å²) in [6, 6.07) is 6.17. The van der Waals surface area contributed by atoms with Gasteiger partial charge in [0.2, 0.25) is 0 Å². The van der Waals surface area contributed by atoms with Gasteiger partial charge in [0, 0.05) is 18.6 Å². The molecule has 2 N–H and O–H groups in total. The maximum absolute atomic E-state index is 14.3. The van der Waals surface area contributed by atoms with Crippen LogP contribution >= 0.6 is 0 Å². The van der Waals surface area contributed by atoms with Crippen LogP contribution in [0.3, 0.4) is 0 Å². The van der Waals surface area contributed by atoms with Crippen LogP contribution in [0, 0.1) is 5.82 Å². The van der Waals surface area contributed by atoms with Crippen LogP contribution in [0.2, 0.25) is 0 Å². The van der Waals surface area contributed by atoms with Crippen LogP contribution < -0.4 is 10.6 Å². The van der Waals surface area contributed by atoms with Crippen LogP contribution in [0.1, 0.15) is 45.1 Å². The number of anilines is 1. The average Bonchev–Trinajstić information content (AvgIpc) is 2.40. The molecule has 0 spiro atoms. The molecule has 1 heterocycles. The first-order valence-corrected chi connectivity index (χ1v) is 7.42. The zero-order valence-corrected chi connectivity index (χ0v) is 12.0. The van der Waals surface area contributed by atoms with Crippen LogP contribution in [-0.4, -0.2) is 18.6 Å². The predicted molar refractivity (Wildman–Crippen MR) is 79.0 cm³/mol. The summed E-state index contributed by atoms with van der Waals surface area (Å²) in [5.41, 5.74) is 7.68. The van der Waals surface area contributed by atoms with Gasteiger partial charge in [0.25, 0.3) is 0 Å². The van der Waals surface area contributed by atoms with Gasteiger partial charge in [-0.2, -0.15) is 0 Å². The van der Waals surface area contributed by atoms with Crippen molar-refractivity contribution >= 4 is 5.69 Å². The topological polar surface area (TPSA) is 29.3 Å². The van der Waals surface area contributed by atoms with Crippen molar-refractivity contribution in [1.82, 2.24) is 0 Å². The van der Waals surface area contributed by atoms with Gasteiger partial charge in [-0.15, -0.1) is 0 Å². The van der Waals surface area contributed by atoms with Gasteiger partial charge in [-0.3, -0.25) is 0 Å². The van der Waals surface area contributed by atoms with E-state index < -0.39 is 0 Å². The molecule has 2 nitrogen and oxygen atoms in total. The number of halogens is 1. The number of nitrogens with zero attached hydrogens (tertiary/aromatic N) is 1. The summed E-state index contributed by atoms with van der Waals surface area (Å²) in [4.78, 5) is 2.20. The molecule has 0 bridgehead atoms. The first-order valence-electron chi connectivity index (χ1n) is 7.42. The molecule has 0 saturated carbocycles. The van der Waals surface area contributed by atoms with Gasteiger partial charge in [0.15, 0.2) is 0 Å². The fourth-order valence-corrected chi connectivity index (χ4v) is 2.81. The van der Waals surface area contributed by atoms with E-state index in [1.54, 1.807) is 6.07 Å². The average molecular weight is 264 g/mol. The number of hydrogen-bond donors (Lipinski definition) is 1. The quantitative estimate of drug-likeness (QED) is 0.902. The number of piperidine rings is 1. The van der Waals surface area contributed by atoms with E-state index in [4.69, 9.17) is 5.73 Å². The normalized spacial score (nSPS) is 21.5. The molecule has 1 fully saturated rings. The van der Waals surface area contributed by atoms with Crippen molar-refractivity contribution in [3.05, 3.63) is 29.6 Å². The van der Waals surface area contributed by atoms with Gasteiger partial charge in [-0.1, -0.05) is 13.0 Å². The highest BCUT2D eigenvalue weighted by atomic mass is 19.1. The van der Waals surface area contributed by atoms with Crippen LogP contribution in [0.5, 0.6) is 0 Å². The van der Waals surface area contributed by atoms with E-state index in [0.29, 0.717) is 6.04 Å². The number of nitrogens with two attached hydrogens (primary N) is 1. The minimum absolute atomic E-state index is 0.102. The second-order valence-electron chi connectivity index (χ2n) is 5.70. The molecule has 0 aromatic heterocycles. The van der Waals surface area contributed by atoms with Gasteiger partial charge < -0.3 is 10.6 Å². The third kappa shape index (κ3) is 3.47. The lowest BCUT2D eigenvalue weighted by Crippen LogP contribution is -2.38. The van der Waals surface area contributed by atoms with Gasteiger partial charge >= 0.3 is 0 Å². The molecule has 1 aliphatic heterocycles. The lowest BCUT2D eigenvalue weighted by Gasteiger charge is -2.35. The summed E-state index contributed by atoms with van der Waals surface area (Å²) in [6.07, 6.45) is 5.24. The first kappa shape index (κ1) is 14.3. The molecule has 0 radical (unpaired) electrons. The molecule has 2 rings (SSSR count). The summed E-state index contributed by atoms with van der Waals surface area (Å²) in [5, 5.41) is 0. The Labute approximate surface area is 115 Å². The Bertz CT molecular complexity index is 419. The predicted octanol–water partition coefficient (Wildman–Crippen LogP) is 3.48. The molecule has 1 aliphatic rings. The van der Waals surface area contributed by atoms with E-state index in [1.807, 2.05) is 12.1 Å². The van der Waals surface area contributed by atoms with Crippen molar-refractivity contribution in [3.8, 4) is 0 Å². The molecule has 19 heavy (non-hydrogen) atoms. The molecule has 1 saturated heterocycles. The standard InChI is InChI=1S/C16H25FN2/c1-3-14(18)10-13-7-8-16(15(17)11-13)19-9-5-4-6-12(19)2/h7-8,11-12,14H,3-6,9-10,18H2,1-2H3. The highest BCUT2D eigenvalue weighted by Gasteiger charge is 2.21. The van der Waals surface area contributed by atoms with Gasteiger partial charge in [0.05, 0.1) is 5.69 Å². The molecular weight excluding hydrogens is 239 g/mol. The minimum Gasteiger partial charge on any atom is -0.366 e. The Kier molecular flexibility index (Phi) is 4.81. The van der Waals surface area contributed by atoms with Gasteiger partial charge in [0.1, 0.15) is 5.82 Å². The third-order valence-corrected chi connectivity index (χ3v) is 4.15. The number of hydrogen-bond acceptors (Lipinski definition) is 2. The Hall–Kier alpha value is -1.09. The van der Waals surface area contributed by atoms with Crippen molar-refractivity contribution in [2.24, 2.45) is 5.73 Å². The van der Waals surface area contributed by atoms with Gasteiger partial charge in [-0.05, 0) is 56.7 Å². The van der Waals surface area contributed by atoms with E-state index in [1.165, 1.54) is 6.42 Å². The van der Waals surface area contributed by atoms with Crippen LogP contribution in [-0.2, 0) is 6.42 Å². The largest absolute Gasteiger partial charge is 0.366 e. The Morgan fingerprint density at radius 1 is 1.42 bits per heavy atom. The summed E-state index contributed by atoms with van der Waals surface area (Å²) in [6.45, 7) is 5.20. The van der Waals surface area contributed by atoms with Crippen molar-refractivity contribution in [3.63, 3.8) is 0 Å². The van der Waals surface area contributed by atoms with E-state index in [-0.39, 0.29) is 11.9 Å². The fourth-order valence-electron chi connectivity index (χ4n) is 2.81. The molecular formula is C16H25FN2. The van der Waals surface area contributed by atoms with Crippen molar-refractivity contribution in [1.29, 1.82) is 0 Å². The minimum atomic E-state index is -0.102. The van der Waals surface area contributed by atoms with Gasteiger partial charge in [-0.25, -0.2) is 4.39 Å². The molecule has 0 aliphatic carbocycles. The van der Waals surface area contributed by atoms with Crippen molar-refractivity contribution in [2.45, 2.75) is 58.0 Å². The maximum Gasteiger partial charge on any atom is 0.146 e. The SMILES string of the molecule is CCC(N)Cc1ccc(N2CCCCC2C)c(F)c1. The molecule has 1 aromatic carbocycles. The zero-order valence-electron chi connectivity index (χ0n) is 12.0. The summed E-state index contributed by atoms with van der Waals surface area (Å²) in [5.74, 6) is -0.102. The van der Waals surface area contributed by atoms with E-state index >= 15 is 0 Å². The van der Waals surface area contributed by atoms with Crippen LogP contribution in [0.4, 0.5) is 10.1 Å². The van der Waals surface area contributed by atoms with E-state index in [9.17, 15) is 4.39 Å². The Balaban J connectivity index is 2.14. The highest BCUT2D eigenvalue weighted by Crippen LogP contribution is 2.27. The molecule has 2 atom stereocenters. The summed E-state index contributed by atoms with van der Waals surface area (Å²) in [7, 11) is 0. The van der Waals surface area contributed by atoms with E-state index in [2.05, 4.69) is 18.7 Å². The van der Waals surface area contributed by atoms with Crippen molar-refractivity contribution in [2.75, 3.05) is 11.4 Å². The smallest absolute Gasteiger partial charge is 0.146 e. The van der Waals surface area contributed by atoms with Crippen LogP contribution in [0.15, 0.2) is 18.2 Å². The molecule has 106 valence electrons. The third-order valence-electron chi connectivity index (χ3n) is 4.15. The second-order valence-corrected chi connectivity index (χ2v) is 5.70. The zero-order chi connectivity index (χ0) is 13.8. The molecule has 2 unspecified atom stereocenters. The fraction of sp³-hybridized carbons (Fsp3) is 0.625. The number of benzene rings is 1. The highest BCUT2D eigenvalue weighted by molar-refractivity contribution is 5.50. The number of rotatable bonds is 4. The van der Waals surface area contributed by atoms with E-state index in [0.717, 1.165) is 43.5 Å². The lowest BCUT2D eigenvalue weighted by atomic mass is 10.0. The second kappa shape index (κ2) is 6.38. The molecule has 3 heteroatoms. The Morgan fingerprint density at radius 2 is 2.21 bits per heavy atom. The van der Waals surface area contributed by atoms with Crippen LogP contribution in [0.25, 0.3) is 0 Å². The monoisotopic (exact) mass is 264 g/mol. The Morgan fingerprint density at radius 3 is 2.84 bits per heavy atom.